The molecule has 0 aliphatic carbocycles. The number of hydrogen-bond acceptors (Lipinski definition) is 5. The summed E-state index contributed by atoms with van der Waals surface area (Å²) in [5.74, 6) is 0.751. The Bertz CT molecular complexity index is 3150. The van der Waals surface area contributed by atoms with Crippen LogP contribution in [0.2, 0.25) is 0 Å². The molecule has 11 heteroatoms. The number of aromatic amines is 2. The molecule has 2 amide bonds. The van der Waals surface area contributed by atoms with E-state index in [-0.39, 0.29) is 47.8 Å². The first-order valence-electron chi connectivity index (χ1n) is 21.1. The molecular weight excluding hydrogens is 834 g/mol. The highest BCUT2D eigenvalue weighted by molar-refractivity contribution is 7.17. The van der Waals surface area contributed by atoms with E-state index >= 15 is 0 Å². The fourth-order valence-corrected chi connectivity index (χ4v) is 11.4. The molecule has 0 saturated heterocycles. The molecule has 0 saturated carbocycles. The number of alkyl halides is 2. The fourth-order valence-electron chi connectivity index (χ4n) is 9.80. The molecule has 0 fully saturated rings. The molecule has 2 atom stereocenters. The molecule has 8 aromatic rings. The van der Waals surface area contributed by atoms with Crippen molar-refractivity contribution in [3.05, 3.63) is 135 Å². The lowest BCUT2D eigenvalue weighted by molar-refractivity contribution is -0.117. The fraction of sp³-hybridized carbons (Fsp3) is 0.275. The van der Waals surface area contributed by atoms with Crippen molar-refractivity contribution in [2.75, 3.05) is 40.0 Å². The molecule has 3 aromatic heterocycles. The number of carbonyl (C=O) groups is 3. The molecule has 5 heterocycles. The number of amides is 2. The Labute approximate surface area is 374 Å². The van der Waals surface area contributed by atoms with Crippen molar-refractivity contribution in [1.29, 1.82) is 0 Å². The van der Waals surface area contributed by atoms with Crippen LogP contribution in [0.3, 0.4) is 0 Å². The molecule has 3 N–H and O–H groups in total. The van der Waals surface area contributed by atoms with Crippen LogP contribution in [0.25, 0.3) is 42.7 Å². The summed E-state index contributed by atoms with van der Waals surface area (Å²) >= 11 is 14.8. The van der Waals surface area contributed by atoms with Crippen LogP contribution in [0.1, 0.15) is 87.0 Å². The Hall–Kier alpha value is -5.61. The summed E-state index contributed by atoms with van der Waals surface area (Å²) in [5, 5.41) is 11.0. The first kappa shape index (κ1) is 40.5. The molecule has 8 nitrogen and oxygen atoms in total. The minimum atomic E-state index is -0.178. The van der Waals surface area contributed by atoms with Crippen LogP contribution in [-0.4, -0.2) is 58.0 Å². The van der Waals surface area contributed by atoms with Crippen molar-refractivity contribution in [2.24, 2.45) is 0 Å². The van der Waals surface area contributed by atoms with Crippen molar-refractivity contribution in [2.45, 2.75) is 64.8 Å². The van der Waals surface area contributed by atoms with Crippen LogP contribution in [-0.2, 0) is 17.6 Å². The number of halogens is 2. The number of ketones is 1. The highest BCUT2D eigenvalue weighted by atomic mass is 35.5. The van der Waals surface area contributed by atoms with E-state index < -0.39 is 0 Å². The molecule has 2 aliphatic heterocycles. The average molecular weight is 881 g/mol. The van der Waals surface area contributed by atoms with Gasteiger partial charge in [0.05, 0.1) is 5.69 Å². The zero-order chi connectivity index (χ0) is 43.2. The topological polar surface area (TPSA) is 101 Å². The maximum Gasteiger partial charge on any atom is 0.274 e. The molecule has 2 aliphatic rings. The van der Waals surface area contributed by atoms with Gasteiger partial charge in [0, 0.05) is 104 Å². The molecular formula is C51H47Cl2N5O3S. The van der Waals surface area contributed by atoms with Gasteiger partial charge in [-0.05, 0) is 127 Å². The standard InChI is InChI=1S/C51H47Cl2N5O3S/c1-27-14-43-47(45-28(2)26-62-48(27)45)34(23-53)25-57(43)49(60)41-19-31-15-29(10-12-38(31)54-41)17-35(59)18-30-11-13-39-32(16-30)20-42(55-39)50(61)58-24-33(22-52)46-37-9-7-6-8-36(37)40(21-44(46)58)56-51(3,4)5/h6-16,19-21,26,33-34,54-56H,17-18,22-25H2,1-5H3/t33-,34-/m1/s1. The van der Waals surface area contributed by atoms with Gasteiger partial charge in [-0.1, -0.05) is 36.4 Å². The Morgan fingerprint density at radius 2 is 1.26 bits per heavy atom. The molecule has 62 heavy (non-hydrogen) atoms. The number of Topliss-reactive ketones (excluding diaryl/α,β-unsaturated/α-hetero) is 1. The molecule has 5 aromatic carbocycles. The lowest BCUT2D eigenvalue weighted by Gasteiger charge is -2.25. The van der Waals surface area contributed by atoms with Gasteiger partial charge < -0.3 is 25.1 Å². The number of fused-ring (bicyclic) bond motifs is 8. The Morgan fingerprint density at radius 3 is 1.82 bits per heavy atom. The Balaban J connectivity index is 0.853. The van der Waals surface area contributed by atoms with Crippen molar-refractivity contribution in [1.82, 2.24) is 9.97 Å². The van der Waals surface area contributed by atoms with Crippen LogP contribution in [0.5, 0.6) is 0 Å². The lowest BCUT2D eigenvalue weighted by atomic mass is 9.94. The summed E-state index contributed by atoms with van der Waals surface area (Å²) in [4.78, 5) is 52.4. The SMILES string of the molecule is Cc1cc2c(c3c(C)csc13)[C@H](CCl)CN2C(=O)c1cc2cc(CC(=O)Cc3ccc4[nH]c(C(=O)N5C[C@@H](CCl)c6c5cc(NC(C)(C)C)c5ccccc65)cc4c3)ccc2[nH]1. The van der Waals surface area contributed by atoms with E-state index in [1.807, 2.05) is 70.5 Å². The largest absolute Gasteiger partial charge is 0.380 e. The number of carbonyl (C=O) groups excluding carboxylic acids is 3. The highest BCUT2D eigenvalue weighted by Crippen LogP contribution is 2.48. The van der Waals surface area contributed by atoms with Crippen molar-refractivity contribution < 1.29 is 14.4 Å². The molecule has 0 spiro atoms. The number of thiophene rings is 1. The van der Waals surface area contributed by atoms with Crippen LogP contribution >= 0.6 is 34.5 Å². The van der Waals surface area contributed by atoms with E-state index in [9.17, 15) is 14.4 Å². The van der Waals surface area contributed by atoms with E-state index in [0.29, 0.717) is 36.2 Å². The Kier molecular flexibility index (Phi) is 10.0. The van der Waals surface area contributed by atoms with Crippen LogP contribution in [0.4, 0.5) is 17.1 Å². The number of H-pyrrole nitrogens is 2. The maximum atomic E-state index is 14.3. The van der Waals surface area contributed by atoms with Crippen molar-refractivity contribution >= 4 is 112 Å². The van der Waals surface area contributed by atoms with Gasteiger partial charge in [-0.15, -0.1) is 34.5 Å². The summed E-state index contributed by atoms with van der Waals surface area (Å²) in [6.45, 7) is 11.6. The van der Waals surface area contributed by atoms with Gasteiger partial charge in [0.15, 0.2) is 0 Å². The lowest BCUT2D eigenvalue weighted by Crippen LogP contribution is -2.30. The zero-order valence-electron chi connectivity index (χ0n) is 35.3. The predicted molar refractivity (Wildman–Crippen MR) is 258 cm³/mol. The van der Waals surface area contributed by atoms with Crippen molar-refractivity contribution in [3.8, 4) is 0 Å². The van der Waals surface area contributed by atoms with Crippen molar-refractivity contribution in [3.63, 3.8) is 0 Å². The Morgan fingerprint density at radius 1 is 0.710 bits per heavy atom. The van der Waals surface area contributed by atoms with E-state index in [1.165, 1.54) is 21.2 Å². The number of nitrogens with zero attached hydrogens (tertiary/aromatic N) is 2. The van der Waals surface area contributed by atoms with E-state index in [2.05, 4.69) is 79.5 Å². The molecule has 0 radical (unpaired) electrons. The second kappa shape index (κ2) is 15.3. The quantitative estimate of drug-likeness (QED) is 0.126. The van der Waals surface area contributed by atoms with E-state index in [1.54, 1.807) is 11.3 Å². The number of rotatable bonds is 9. The van der Waals surface area contributed by atoms with E-state index in [0.717, 1.165) is 71.9 Å². The third-order valence-electron chi connectivity index (χ3n) is 12.5. The number of aromatic nitrogens is 2. The number of anilines is 3. The first-order chi connectivity index (χ1) is 29.8. The summed E-state index contributed by atoms with van der Waals surface area (Å²) < 4.78 is 1.26. The average Bonchev–Trinajstić information content (AvgIpc) is 4.08. The summed E-state index contributed by atoms with van der Waals surface area (Å²) in [6, 6.07) is 28.1. The van der Waals surface area contributed by atoms with Gasteiger partial charge in [-0.2, -0.15) is 0 Å². The normalized spacial score (nSPS) is 16.2. The zero-order valence-corrected chi connectivity index (χ0v) is 37.7. The van der Waals surface area contributed by atoms with Gasteiger partial charge in [0.25, 0.3) is 11.8 Å². The minimum absolute atomic E-state index is 0.00199. The van der Waals surface area contributed by atoms with Gasteiger partial charge >= 0.3 is 0 Å². The van der Waals surface area contributed by atoms with Gasteiger partial charge in [0.1, 0.15) is 17.2 Å². The molecule has 314 valence electrons. The van der Waals surface area contributed by atoms with Crippen LogP contribution < -0.4 is 15.1 Å². The third-order valence-corrected chi connectivity index (χ3v) is 14.5. The predicted octanol–water partition coefficient (Wildman–Crippen LogP) is 12.2. The highest BCUT2D eigenvalue weighted by Gasteiger charge is 2.37. The van der Waals surface area contributed by atoms with Crippen LogP contribution in [0.15, 0.2) is 90.3 Å². The maximum absolute atomic E-state index is 14.3. The third kappa shape index (κ3) is 6.95. The number of nitrogens with one attached hydrogen (secondary N) is 3. The second-order valence-electron chi connectivity index (χ2n) is 18.2. The monoisotopic (exact) mass is 879 g/mol. The summed E-state index contributed by atoms with van der Waals surface area (Å²) in [5.41, 5.74) is 11.7. The van der Waals surface area contributed by atoms with Gasteiger partial charge in [0.2, 0.25) is 0 Å². The number of aryl methyl sites for hydroxylation is 2. The minimum Gasteiger partial charge on any atom is -0.380 e. The summed E-state index contributed by atoms with van der Waals surface area (Å²) in [7, 11) is 0. The smallest absolute Gasteiger partial charge is 0.274 e. The number of benzene rings is 5. The van der Waals surface area contributed by atoms with Gasteiger partial charge in [-0.3, -0.25) is 14.4 Å². The van der Waals surface area contributed by atoms with Gasteiger partial charge in [-0.25, -0.2) is 0 Å². The van der Waals surface area contributed by atoms with E-state index in [4.69, 9.17) is 23.2 Å². The van der Waals surface area contributed by atoms with Crippen LogP contribution in [0, 0.1) is 13.8 Å². The first-order valence-corrected chi connectivity index (χ1v) is 23.1. The molecule has 0 unspecified atom stereocenters. The number of hydrogen-bond donors (Lipinski definition) is 3. The second-order valence-corrected chi connectivity index (χ2v) is 19.7. The summed E-state index contributed by atoms with van der Waals surface area (Å²) in [6.07, 6.45) is 0.502. The molecule has 10 rings (SSSR count). The molecule has 0 bridgehead atoms.